The van der Waals surface area contributed by atoms with Gasteiger partial charge in [0.2, 0.25) is 0 Å². The molecule has 0 aliphatic rings. The van der Waals surface area contributed by atoms with Crippen LogP contribution in [0.2, 0.25) is 0 Å². The molecule has 1 atom stereocenters. The Balaban J connectivity index is 2.68. The number of benzene rings is 1. The predicted octanol–water partition coefficient (Wildman–Crippen LogP) is 1.17. The van der Waals surface area contributed by atoms with E-state index < -0.39 is 12.0 Å². The molecule has 0 aliphatic carbocycles. The molecule has 4 N–H and O–H groups in total. The third-order valence-corrected chi connectivity index (χ3v) is 2.83. The van der Waals surface area contributed by atoms with Crippen molar-refractivity contribution in [3.8, 4) is 0 Å². The fourth-order valence-corrected chi connectivity index (χ4v) is 1.78. The van der Waals surface area contributed by atoms with Gasteiger partial charge in [0.1, 0.15) is 6.04 Å². The molecular weight excluding hydrogens is 244 g/mol. The van der Waals surface area contributed by atoms with Gasteiger partial charge >= 0.3 is 5.97 Å². The highest BCUT2D eigenvalue weighted by atomic mass is 16.4. The topological polar surface area (TPSA) is 92.4 Å². The van der Waals surface area contributed by atoms with Crippen LogP contribution in [0.3, 0.4) is 0 Å². The maximum atomic E-state index is 11.9. The van der Waals surface area contributed by atoms with Gasteiger partial charge in [-0.3, -0.25) is 4.79 Å². The molecule has 1 amide bonds. The van der Waals surface area contributed by atoms with Crippen LogP contribution in [0.4, 0.5) is 0 Å². The molecule has 0 spiro atoms. The van der Waals surface area contributed by atoms with Crippen LogP contribution in [-0.2, 0) is 11.2 Å². The summed E-state index contributed by atoms with van der Waals surface area (Å²) in [5, 5.41) is 11.5. The van der Waals surface area contributed by atoms with E-state index in [1.807, 2.05) is 19.1 Å². The van der Waals surface area contributed by atoms with Gasteiger partial charge in [-0.15, -0.1) is 0 Å². The molecule has 0 fully saturated rings. The molecule has 0 saturated carbocycles. The molecule has 0 aromatic heterocycles. The van der Waals surface area contributed by atoms with Gasteiger partial charge < -0.3 is 16.2 Å². The minimum absolute atomic E-state index is 0.361. The van der Waals surface area contributed by atoms with E-state index in [-0.39, 0.29) is 5.91 Å². The summed E-state index contributed by atoms with van der Waals surface area (Å²) >= 11 is 0. The second kappa shape index (κ2) is 7.53. The van der Waals surface area contributed by atoms with Crippen molar-refractivity contribution in [2.45, 2.75) is 32.2 Å². The van der Waals surface area contributed by atoms with E-state index in [4.69, 9.17) is 10.8 Å². The third kappa shape index (κ3) is 4.71. The molecule has 104 valence electrons. The van der Waals surface area contributed by atoms with Gasteiger partial charge in [0, 0.05) is 5.56 Å². The molecule has 0 bridgehead atoms. The Morgan fingerprint density at radius 1 is 1.32 bits per heavy atom. The van der Waals surface area contributed by atoms with E-state index in [1.54, 1.807) is 12.1 Å². The van der Waals surface area contributed by atoms with Gasteiger partial charge in [-0.05, 0) is 37.1 Å². The van der Waals surface area contributed by atoms with Gasteiger partial charge in [0.25, 0.3) is 5.91 Å². The summed E-state index contributed by atoms with van der Waals surface area (Å²) in [6.07, 6.45) is 1.88. The molecule has 0 aliphatic heterocycles. The second-order valence-corrected chi connectivity index (χ2v) is 4.39. The number of rotatable bonds is 7. The number of nitrogens with one attached hydrogen (secondary N) is 1. The van der Waals surface area contributed by atoms with E-state index >= 15 is 0 Å². The van der Waals surface area contributed by atoms with Crippen LogP contribution in [0, 0.1) is 0 Å². The molecular formula is C14H20N2O3. The summed E-state index contributed by atoms with van der Waals surface area (Å²) in [4.78, 5) is 22.9. The SMILES string of the molecule is CCC[C@@H](NC(=O)c1ccc(CCN)cc1)C(=O)O. The van der Waals surface area contributed by atoms with Crippen LogP contribution in [0.1, 0.15) is 35.7 Å². The smallest absolute Gasteiger partial charge is 0.326 e. The Morgan fingerprint density at radius 3 is 2.42 bits per heavy atom. The number of carbonyl (C=O) groups excluding carboxylic acids is 1. The molecule has 1 aromatic rings. The van der Waals surface area contributed by atoms with E-state index in [2.05, 4.69) is 5.32 Å². The van der Waals surface area contributed by atoms with Crippen LogP contribution in [0.25, 0.3) is 0 Å². The molecule has 1 rings (SSSR count). The van der Waals surface area contributed by atoms with Crippen LogP contribution in [0.15, 0.2) is 24.3 Å². The fourth-order valence-electron chi connectivity index (χ4n) is 1.78. The third-order valence-electron chi connectivity index (χ3n) is 2.83. The number of hydrogen-bond acceptors (Lipinski definition) is 3. The first-order chi connectivity index (χ1) is 9.08. The molecule has 5 nitrogen and oxygen atoms in total. The van der Waals surface area contributed by atoms with Crippen molar-refractivity contribution in [3.05, 3.63) is 35.4 Å². The average Bonchev–Trinajstić information content (AvgIpc) is 2.39. The fraction of sp³-hybridized carbons (Fsp3) is 0.429. The maximum absolute atomic E-state index is 11.9. The summed E-state index contributed by atoms with van der Waals surface area (Å²) < 4.78 is 0. The number of aliphatic carboxylic acids is 1. The first-order valence-corrected chi connectivity index (χ1v) is 6.41. The van der Waals surface area contributed by atoms with Crippen molar-refractivity contribution >= 4 is 11.9 Å². The molecule has 0 heterocycles. The van der Waals surface area contributed by atoms with Gasteiger partial charge in [0.05, 0.1) is 0 Å². The lowest BCUT2D eigenvalue weighted by Gasteiger charge is -2.13. The first-order valence-electron chi connectivity index (χ1n) is 6.41. The van der Waals surface area contributed by atoms with Gasteiger partial charge in [-0.2, -0.15) is 0 Å². The highest BCUT2D eigenvalue weighted by Crippen LogP contribution is 2.06. The molecule has 5 heteroatoms. The summed E-state index contributed by atoms with van der Waals surface area (Å²) in [5.74, 6) is -1.37. The van der Waals surface area contributed by atoms with Crippen LogP contribution in [-0.4, -0.2) is 29.6 Å². The zero-order valence-electron chi connectivity index (χ0n) is 11.1. The summed E-state index contributed by atoms with van der Waals surface area (Å²) in [7, 11) is 0. The van der Waals surface area contributed by atoms with E-state index in [0.717, 1.165) is 12.0 Å². The molecule has 0 unspecified atom stereocenters. The Kier molecular flexibility index (Phi) is 6.02. The lowest BCUT2D eigenvalue weighted by molar-refractivity contribution is -0.139. The zero-order valence-corrected chi connectivity index (χ0v) is 11.1. The Hall–Kier alpha value is -1.88. The maximum Gasteiger partial charge on any atom is 0.326 e. The van der Waals surface area contributed by atoms with E-state index in [9.17, 15) is 9.59 Å². The number of hydrogen-bond donors (Lipinski definition) is 3. The highest BCUT2D eigenvalue weighted by molar-refractivity contribution is 5.96. The largest absolute Gasteiger partial charge is 0.480 e. The standard InChI is InChI=1S/C14H20N2O3/c1-2-3-12(14(18)19)16-13(17)11-6-4-10(5-7-11)8-9-15/h4-7,12H,2-3,8-9,15H2,1H3,(H,16,17)(H,18,19)/t12-/m1/s1. The highest BCUT2D eigenvalue weighted by Gasteiger charge is 2.19. The number of nitrogens with two attached hydrogens (primary N) is 1. The van der Waals surface area contributed by atoms with E-state index in [0.29, 0.717) is 24.9 Å². The number of carboxylic acid groups (broad SMARTS) is 1. The lowest BCUT2D eigenvalue weighted by atomic mass is 10.1. The van der Waals surface area contributed by atoms with Crippen molar-refractivity contribution in [2.75, 3.05) is 6.54 Å². The Labute approximate surface area is 112 Å². The summed E-state index contributed by atoms with van der Waals surface area (Å²) in [6.45, 7) is 2.44. The van der Waals surface area contributed by atoms with Gasteiger partial charge in [-0.1, -0.05) is 25.5 Å². The van der Waals surface area contributed by atoms with Crippen LogP contribution < -0.4 is 11.1 Å². The number of carbonyl (C=O) groups is 2. The predicted molar refractivity (Wildman–Crippen MR) is 73.0 cm³/mol. The number of carboxylic acids is 1. The number of amides is 1. The first kappa shape index (κ1) is 15.2. The van der Waals surface area contributed by atoms with Crippen molar-refractivity contribution in [1.29, 1.82) is 0 Å². The van der Waals surface area contributed by atoms with Crippen LogP contribution in [0.5, 0.6) is 0 Å². The van der Waals surface area contributed by atoms with Crippen molar-refractivity contribution < 1.29 is 14.7 Å². The Bertz CT molecular complexity index is 429. The van der Waals surface area contributed by atoms with Gasteiger partial charge in [-0.25, -0.2) is 4.79 Å². The normalized spacial score (nSPS) is 11.9. The average molecular weight is 264 g/mol. The summed E-state index contributed by atoms with van der Waals surface area (Å²) in [5.41, 5.74) is 6.97. The Morgan fingerprint density at radius 2 is 1.95 bits per heavy atom. The van der Waals surface area contributed by atoms with Crippen molar-refractivity contribution in [1.82, 2.24) is 5.32 Å². The van der Waals surface area contributed by atoms with Crippen molar-refractivity contribution in [2.24, 2.45) is 5.73 Å². The quantitative estimate of drug-likeness (QED) is 0.689. The van der Waals surface area contributed by atoms with Gasteiger partial charge in [0.15, 0.2) is 0 Å². The minimum Gasteiger partial charge on any atom is -0.480 e. The summed E-state index contributed by atoms with van der Waals surface area (Å²) in [6, 6.07) is 6.20. The minimum atomic E-state index is -1.00. The van der Waals surface area contributed by atoms with Crippen molar-refractivity contribution in [3.63, 3.8) is 0 Å². The van der Waals surface area contributed by atoms with Crippen LogP contribution >= 0.6 is 0 Å². The molecule has 1 aromatic carbocycles. The monoisotopic (exact) mass is 264 g/mol. The second-order valence-electron chi connectivity index (χ2n) is 4.39. The van der Waals surface area contributed by atoms with E-state index in [1.165, 1.54) is 0 Å². The lowest BCUT2D eigenvalue weighted by Crippen LogP contribution is -2.40. The zero-order chi connectivity index (χ0) is 14.3. The molecule has 0 saturated heterocycles. The molecule has 0 radical (unpaired) electrons. The molecule has 19 heavy (non-hydrogen) atoms.